The third kappa shape index (κ3) is 4.54. The molecule has 1 heterocycles. The Bertz CT molecular complexity index is 299. The van der Waals surface area contributed by atoms with Crippen LogP contribution in [0.5, 0.6) is 0 Å². The van der Waals surface area contributed by atoms with Gasteiger partial charge in [-0.2, -0.15) is 8.42 Å². The average molecular weight is 223 g/mol. The molecule has 0 radical (unpaired) electrons. The summed E-state index contributed by atoms with van der Waals surface area (Å²) in [6.07, 6.45) is 0.997. The lowest BCUT2D eigenvalue weighted by Crippen LogP contribution is -2.41. The minimum absolute atomic E-state index is 0.0755. The zero-order valence-corrected chi connectivity index (χ0v) is 8.75. The highest BCUT2D eigenvalue weighted by atomic mass is 32.2. The van der Waals surface area contributed by atoms with Crippen LogP contribution in [0.4, 0.5) is 0 Å². The Labute approximate surface area is 82.9 Å². The first-order valence-corrected chi connectivity index (χ1v) is 6.01. The van der Waals surface area contributed by atoms with E-state index in [9.17, 15) is 13.2 Å². The second kappa shape index (κ2) is 4.72. The molecule has 7 heteroatoms. The molecule has 1 aliphatic heterocycles. The third-order valence-corrected chi connectivity index (χ3v) is 2.32. The van der Waals surface area contributed by atoms with Crippen molar-refractivity contribution in [3.05, 3.63) is 0 Å². The van der Waals surface area contributed by atoms with Gasteiger partial charge in [0.25, 0.3) is 10.1 Å². The zero-order chi connectivity index (χ0) is 10.6. The van der Waals surface area contributed by atoms with Gasteiger partial charge in [0.05, 0.1) is 19.4 Å². The van der Waals surface area contributed by atoms with Gasteiger partial charge in [-0.1, -0.05) is 0 Å². The topological polar surface area (TPSA) is 72.9 Å². The Kier molecular flexibility index (Phi) is 3.85. The Morgan fingerprint density at radius 3 is 2.86 bits per heavy atom. The number of morpholine rings is 1. The Balaban J connectivity index is 2.21. The maximum atomic E-state index is 10.8. The maximum Gasteiger partial charge on any atom is 0.320 e. The summed E-state index contributed by atoms with van der Waals surface area (Å²) in [5, 5.41) is 0. The van der Waals surface area contributed by atoms with E-state index in [1.165, 1.54) is 0 Å². The molecule has 0 aliphatic carbocycles. The Morgan fingerprint density at radius 2 is 2.29 bits per heavy atom. The molecule has 0 spiro atoms. The molecule has 1 rings (SSSR count). The van der Waals surface area contributed by atoms with Gasteiger partial charge in [0.1, 0.15) is 6.61 Å². The predicted molar refractivity (Wildman–Crippen MR) is 48.2 cm³/mol. The number of nitrogens with zero attached hydrogens (tertiary/aromatic N) is 1. The molecule has 1 saturated heterocycles. The largest absolute Gasteiger partial charge is 0.463 e. The van der Waals surface area contributed by atoms with Crippen LogP contribution in [-0.2, 0) is 23.8 Å². The zero-order valence-electron chi connectivity index (χ0n) is 7.93. The molecular weight excluding hydrogens is 210 g/mol. The van der Waals surface area contributed by atoms with Crippen LogP contribution in [0.3, 0.4) is 0 Å². The first kappa shape index (κ1) is 11.4. The molecular formula is C7H13NO5S. The molecule has 0 saturated carbocycles. The van der Waals surface area contributed by atoms with E-state index in [2.05, 4.69) is 4.18 Å². The van der Waals surface area contributed by atoms with Crippen LogP contribution in [0.15, 0.2) is 0 Å². The van der Waals surface area contributed by atoms with Gasteiger partial charge in [-0.3, -0.25) is 13.9 Å². The van der Waals surface area contributed by atoms with Gasteiger partial charge in [-0.25, -0.2) is 0 Å². The van der Waals surface area contributed by atoms with Gasteiger partial charge in [-0.15, -0.1) is 0 Å². The van der Waals surface area contributed by atoms with Crippen LogP contribution in [0.25, 0.3) is 0 Å². The second-order valence-corrected chi connectivity index (χ2v) is 4.67. The van der Waals surface area contributed by atoms with Crippen LogP contribution in [0, 0.1) is 0 Å². The first-order chi connectivity index (χ1) is 6.47. The summed E-state index contributed by atoms with van der Waals surface area (Å²) in [6, 6.07) is 0. The lowest BCUT2D eigenvalue weighted by Gasteiger charge is -2.24. The molecule has 0 bridgehead atoms. The van der Waals surface area contributed by atoms with E-state index in [4.69, 9.17) is 4.74 Å². The van der Waals surface area contributed by atoms with Gasteiger partial charge in [0.2, 0.25) is 0 Å². The van der Waals surface area contributed by atoms with Crippen molar-refractivity contribution in [3.63, 3.8) is 0 Å². The molecule has 82 valence electrons. The summed E-state index contributed by atoms with van der Waals surface area (Å²) in [5.74, 6) is -0.282. The monoisotopic (exact) mass is 223 g/mol. The molecule has 0 unspecified atom stereocenters. The molecule has 0 aromatic heterocycles. The van der Waals surface area contributed by atoms with Gasteiger partial charge >= 0.3 is 5.97 Å². The van der Waals surface area contributed by atoms with E-state index < -0.39 is 10.1 Å². The van der Waals surface area contributed by atoms with Gasteiger partial charge in [0, 0.05) is 13.1 Å². The molecule has 1 aliphatic rings. The van der Waals surface area contributed by atoms with E-state index in [0.717, 1.165) is 6.26 Å². The van der Waals surface area contributed by atoms with Crippen molar-refractivity contribution in [2.75, 3.05) is 39.1 Å². The normalized spacial score (nSPS) is 19.4. The van der Waals surface area contributed by atoms with Gasteiger partial charge in [0.15, 0.2) is 0 Å². The molecule has 0 aromatic carbocycles. The number of rotatable bonds is 4. The summed E-state index contributed by atoms with van der Waals surface area (Å²) in [4.78, 5) is 12.6. The molecule has 14 heavy (non-hydrogen) atoms. The highest BCUT2D eigenvalue weighted by Gasteiger charge is 2.17. The molecule has 0 amide bonds. The fourth-order valence-electron chi connectivity index (χ4n) is 1.10. The third-order valence-electron chi connectivity index (χ3n) is 1.73. The quantitative estimate of drug-likeness (QED) is 0.441. The van der Waals surface area contributed by atoms with Crippen molar-refractivity contribution >= 4 is 16.1 Å². The molecule has 0 aromatic rings. The van der Waals surface area contributed by atoms with Crippen molar-refractivity contribution in [1.29, 1.82) is 0 Å². The first-order valence-electron chi connectivity index (χ1n) is 4.20. The highest BCUT2D eigenvalue weighted by molar-refractivity contribution is 7.85. The molecule has 1 fully saturated rings. The van der Waals surface area contributed by atoms with E-state index in [1.54, 1.807) is 4.90 Å². The minimum Gasteiger partial charge on any atom is -0.463 e. The SMILES string of the molecule is CS(=O)(=O)OCCN1CCOC(=O)C1. The number of ether oxygens (including phenoxy) is 1. The van der Waals surface area contributed by atoms with Crippen LogP contribution in [0.2, 0.25) is 0 Å². The van der Waals surface area contributed by atoms with E-state index in [-0.39, 0.29) is 19.1 Å². The van der Waals surface area contributed by atoms with E-state index in [1.807, 2.05) is 0 Å². The van der Waals surface area contributed by atoms with Crippen LogP contribution in [0.1, 0.15) is 0 Å². The number of cyclic esters (lactones) is 1. The lowest BCUT2D eigenvalue weighted by molar-refractivity contribution is -0.150. The van der Waals surface area contributed by atoms with Crippen molar-refractivity contribution in [2.45, 2.75) is 0 Å². The predicted octanol–water partition coefficient (Wildman–Crippen LogP) is -1.18. The number of esters is 1. The summed E-state index contributed by atoms with van der Waals surface area (Å²) in [6.45, 7) is 1.68. The van der Waals surface area contributed by atoms with Crippen molar-refractivity contribution in [2.24, 2.45) is 0 Å². The second-order valence-electron chi connectivity index (χ2n) is 3.02. The minimum atomic E-state index is -3.38. The fraction of sp³-hybridized carbons (Fsp3) is 0.857. The molecule has 0 N–H and O–H groups in total. The van der Waals surface area contributed by atoms with Gasteiger partial charge in [-0.05, 0) is 0 Å². The summed E-state index contributed by atoms with van der Waals surface area (Å²) >= 11 is 0. The molecule has 6 nitrogen and oxygen atoms in total. The van der Waals surface area contributed by atoms with E-state index >= 15 is 0 Å². The number of hydrogen-bond acceptors (Lipinski definition) is 6. The standard InChI is InChI=1S/C7H13NO5S/c1-14(10,11)13-5-3-8-2-4-12-7(9)6-8/h2-6H2,1H3. The fourth-order valence-corrected chi connectivity index (χ4v) is 1.48. The summed E-state index contributed by atoms with van der Waals surface area (Å²) in [5.41, 5.74) is 0. The van der Waals surface area contributed by atoms with Crippen molar-refractivity contribution in [3.8, 4) is 0 Å². The Morgan fingerprint density at radius 1 is 1.57 bits per heavy atom. The number of hydrogen-bond donors (Lipinski definition) is 0. The average Bonchev–Trinajstić information content (AvgIpc) is 2.01. The van der Waals surface area contributed by atoms with Crippen LogP contribution >= 0.6 is 0 Å². The highest BCUT2D eigenvalue weighted by Crippen LogP contribution is 1.98. The van der Waals surface area contributed by atoms with Crippen molar-refractivity contribution in [1.82, 2.24) is 4.90 Å². The van der Waals surface area contributed by atoms with Crippen molar-refractivity contribution < 1.29 is 22.1 Å². The van der Waals surface area contributed by atoms with Crippen LogP contribution in [-0.4, -0.2) is 58.4 Å². The smallest absolute Gasteiger partial charge is 0.320 e. The van der Waals surface area contributed by atoms with Gasteiger partial charge < -0.3 is 4.74 Å². The number of carbonyl (C=O) groups excluding carboxylic acids is 1. The summed E-state index contributed by atoms with van der Waals surface area (Å²) in [7, 11) is -3.38. The number of carbonyl (C=O) groups is 1. The van der Waals surface area contributed by atoms with Crippen LogP contribution < -0.4 is 0 Å². The lowest BCUT2D eigenvalue weighted by atomic mass is 10.4. The molecule has 0 atom stereocenters. The Hall–Kier alpha value is -0.660. The van der Waals surface area contributed by atoms with E-state index in [0.29, 0.717) is 19.7 Å². The maximum absolute atomic E-state index is 10.8. The summed E-state index contributed by atoms with van der Waals surface area (Å²) < 4.78 is 30.5.